The van der Waals surface area contributed by atoms with E-state index in [1.165, 1.54) is 11.2 Å². The number of hydrogen-bond donors (Lipinski definition) is 2. The van der Waals surface area contributed by atoms with E-state index >= 15 is 0 Å². The van der Waals surface area contributed by atoms with Crippen LogP contribution in [0.2, 0.25) is 0 Å². The van der Waals surface area contributed by atoms with Crippen LogP contribution in [0, 0.1) is 0 Å². The average Bonchev–Trinajstić information content (AvgIpc) is 3.46. The summed E-state index contributed by atoms with van der Waals surface area (Å²) in [6.07, 6.45) is 6.30. The Morgan fingerprint density at radius 3 is 2.77 bits per heavy atom. The van der Waals surface area contributed by atoms with Gasteiger partial charge in [-0.1, -0.05) is 6.92 Å². The zero-order valence-electron chi connectivity index (χ0n) is 20.7. The third-order valence-corrected chi connectivity index (χ3v) is 8.26. The van der Waals surface area contributed by atoms with Gasteiger partial charge in [0.2, 0.25) is 5.95 Å². The monoisotopic (exact) mass is 508 g/mol. The fourth-order valence-corrected chi connectivity index (χ4v) is 6.10. The summed E-state index contributed by atoms with van der Waals surface area (Å²) in [4.78, 5) is 27.8. The molecule has 0 unspecified atom stereocenters. The minimum Gasteiger partial charge on any atom is -0.466 e. The second-order valence-electron chi connectivity index (χ2n) is 9.04. The summed E-state index contributed by atoms with van der Waals surface area (Å²) in [6.45, 7) is 8.32. The molecular formula is C22H36N8O4S. The molecule has 2 aliphatic rings. The van der Waals surface area contributed by atoms with E-state index in [1.807, 2.05) is 11.5 Å². The van der Waals surface area contributed by atoms with Crippen molar-refractivity contribution in [3.63, 3.8) is 0 Å². The molecule has 4 heterocycles. The highest BCUT2D eigenvalue weighted by Gasteiger charge is 2.32. The molecule has 4 rings (SSSR count). The van der Waals surface area contributed by atoms with Crippen LogP contribution in [0.1, 0.15) is 52.9 Å². The number of piperidine rings is 1. The maximum absolute atomic E-state index is 12.4. The fourth-order valence-electron chi connectivity index (χ4n) is 4.83. The molecule has 0 saturated carbocycles. The van der Waals surface area contributed by atoms with Gasteiger partial charge in [0.1, 0.15) is 0 Å². The number of aromatic nitrogens is 4. The Morgan fingerprint density at radius 1 is 1.20 bits per heavy atom. The number of rotatable bonds is 10. The van der Waals surface area contributed by atoms with Gasteiger partial charge in [-0.25, -0.2) is 9.71 Å². The number of anilines is 2. The molecule has 194 valence electrons. The van der Waals surface area contributed by atoms with Crippen LogP contribution >= 0.6 is 0 Å². The maximum atomic E-state index is 12.4. The Morgan fingerprint density at radius 2 is 2.03 bits per heavy atom. The van der Waals surface area contributed by atoms with Gasteiger partial charge in [0, 0.05) is 58.2 Å². The highest BCUT2D eigenvalue weighted by Crippen LogP contribution is 2.29. The lowest BCUT2D eigenvalue weighted by atomic mass is 10.00. The summed E-state index contributed by atoms with van der Waals surface area (Å²) >= 11 is 0. The van der Waals surface area contributed by atoms with Crippen molar-refractivity contribution in [3.8, 4) is 0 Å². The Bertz CT molecular complexity index is 1140. The Balaban J connectivity index is 1.59. The summed E-state index contributed by atoms with van der Waals surface area (Å²) in [5.74, 6) is 0.970. The molecule has 0 spiro atoms. The number of carbonyl (C=O) groups is 1. The van der Waals surface area contributed by atoms with E-state index in [-0.39, 0.29) is 18.1 Å². The van der Waals surface area contributed by atoms with E-state index in [0.717, 1.165) is 44.4 Å². The zero-order valence-corrected chi connectivity index (χ0v) is 21.6. The van der Waals surface area contributed by atoms with Crippen molar-refractivity contribution in [1.29, 1.82) is 0 Å². The van der Waals surface area contributed by atoms with Gasteiger partial charge in [-0.2, -0.15) is 22.7 Å². The first-order valence-electron chi connectivity index (χ1n) is 12.5. The number of ether oxygens (including phenoxy) is 1. The molecule has 2 N–H and O–H groups in total. The van der Waals surface area contributed by atoms with Gasteiger partial charge in [-0.15, -0.1) is 0 Å². The van der Waals surface area contributed by atoms with Gasteiger partial charge in [0.15, 0.2) is 17.0 Å². The first kappa shape index (κ1) is 25.6. The summed E-state index contributed by atoms with van der Waals surface area (Å²) in [5, 5.41) is 3.46. The van der Waals surface area contributed by atoms with Crippen LogP contribution in [-0.2, 0) is 26.3 Å². The highest BCUT2D eigenvalue weighted by atomic mass is 32.2. The van der Waals surface area contributed by atoms with Gasteiger partial charge >= 0.3 is 5.97 Å². The van der Waals surface area contributed by atoms with Crippen molar-refractivity contribution in [3.05, 3.63) is 6.33 Å². The molecule has 0 bridgehead atoms. The third-order valence-electron chi connectivity index (χ3n) is 6.59. The molecule has 0 aromatic carbocycles. The van der Waals surface area contributed by atoms with Gasteiger partial charge in [-0.05, 0) is 32.6 Å². The summed E-state index contributed by atoms with van der Waals surface area (Å²) in [5.41, 5.74) is 1.43. The topological polar surface area (TPSA) is 135 Å². The van der Waals surface area contributed by atoms with Crippen molar-refractivity contribution in [1.82, 2.24) is 28.5 Å². The number of aryl methyl sites for hydroxylation is 1. The second kappa shape index (κ2) is 11.0. The summed E-state index contributed by atoms with van der Waals surface area (Å²) < 4.78 is 36.0. The van der Waals surface area contributed by atoms with Gasteiger partial charge in [-0.3, -0.25) is 4.79 Å². The van der Waals surface area contributed by atoms with Crippen LogP contribution in [0.5, 0.6) is 0 Å². The lowest BCUT2D eigenvalue weighted by Crippen LogP contribution is -2.41. The van der Waals surface area contributed by atoms with E-state index < -0.39 is 10.2 Å². The minimum atomic E-state index is -3.48. The Hall–Kier alpha value is -2.51. The van der Waals surface area contributed by atoms with Gasteiger partial charge < -0.3 is 19.5 Å². The lowest BCUT2D eigenvalue weighted by Gasteiger charge is -2.36. The van der Waals surface area contributed by atoms with Crippen molar-refractivity contribution >= 4 is 39.1 Å². The van der Waals surface area contributed by atoms with Crippen LogP contribution in [0.15, 0.2) is 6.33 Å². The summed E-state index contributed by atoms with van der Waals surface area (Å²) in [6, 6.07) is 0.0981. The van der Waals surface area contributed by atoms with Crippen LogP contribution < -0.4 is 14.9 Å². The number of hydrogen-bond acceptors (Lipinski definition) is 9. The third kappa shape index (κ3) is 5.84. The van der Waals surface area contributed by atoms with Gasteiger partial charge in [0.05, 0.1) is 12.9 Å². The Labute approximate surface area is 206 Å². The van der Waals surface area contributed by atoms with E-state index in [4.69, 9.17) is 14.7 Å². The maximum Gasteiger partial charge on any atom is 0.302 e. The van der Waals surface area contributed by atoms with Crippen molar-refractivity contribution in [2.45, 2.75) is 71.5 Å². The SMILES string of the molecule is CCNS(=O)(=O)N1CC[C@H](Nc2nc(N3CCCC[C@H]3CCOC(C)=O)nc3c2ncn3CC)C1. The first-order valence-corrected chi connectivity index (χ1v) is 13.9. The predicted molar refractivity (Wildman–Crippen MR) is 133 cm³/mol. The molecule has 2 fully saturated rings. The molecule has 12 nitrogen and oxygen atoms in total. The minimum absolute atomic E-state index is 0.0812. The number of fused-ring (bicyclic) bond motifs is 1. The predicted octanol–water partition coefficient (Wildman–Crippen LogP) is 1.50. The average molecular weight is 509 g/mol. The second-order valence-corrected chi connectivity index (χ2v) is 10.8. The summed E-state index contributed by atoms with van der Waals surface area (Å²) in [7, 11) is -3.48. The number of nitrogens with one attached hydrogen (secondary N) is 2. The lowest BCUT2D eigenvalue weighted by molar-refractivity contribution is -0.141. The zero-order chi connectivity index (χ0) is 25.0. The smallest absolute Gasteiger partial charge is 0.302 e. The van der Waals surface area contributed by atoms with Crippen LogP contribution in [0.3, 0.4) is 0 Å². The van der Waals surface area contributed by atoms with Crippen LogP contribution in [-0.4, -0.2) is 83.1 Å². The molecule has 13 heteroatoms. The number of carbonyl (C=O) groups excluding carboxylic acids is 1. The first-order chi connectivity index (χ1) is 16.8. The number of imidazole rings is 1. The molecule has 2 aliphatic heterocycles. The molecule has 0 amide bonds. The molecule has 2 aromatic heterocycles. The molecule has 2 saturated heterocycles. The Kier molecular flexibility index (Phi) is 8.07. The fraction of sp³-hybridized carbons (Fsp3) is 0.727. The normalized spacial score (nSPS) is 21.5. The largest absolute Gasteiger partial charge is 0.466 e. The van der Waals surface area contributed by atoms with Gasteiger partial charge in [0.25, 0.3) is 10.2 Å². The number of esters is 1. The van der Waals surface area contributed by atoms with Crippen molar-refractivity contribution in [2.24, 2.45) is 0 Å². The van der Waals surface area contributed by atoms with E-state index in [2.05, 4.69) is 19.9 Å². The van der Waals surface area contributed by atoms with E-state index in [1.54, 1.807) is 13.3 Å². The molecule has 2 aromatic rings. The van der Waals surface area contributed by atoms with Crippen LogP contribution in [0.25, 0.3) is 11.2 Å². The number of nitrogens with zero attached hydrogens (tertiary/aromatic N) is 6. The molecule has 0 radical (unpaired) electrons. The van der Waals surface area contributed by atoms with E-state index in [0.29, 0.717) is 49.9 Å². The van der Waals surface area contributed by atoms with E-state index in [9.17, 15) is 13.2 Å². The highest BCUT2D eigenvalue weighted by molar-refractivity contribution is 7.87. The standard InChI is InChI=1S/C22H36N8O4S/c1-4-24-35(32,33)29-12-9-17(14-29)25-20-19-21(28(5-2)15-23-19)27-22(26-20)30-11-7-6-8-18(30)10-13-34-16(3)31/h15,17-18,24H,4-14H2,1-3H3,(H,25,26,27)/t17-,18-/m0/s1. The van der Waals surface area contributed by atoms with Crippen molar-refractivity contribution in [2.75, 3.05) is 43.0 Å². The molecule has 35 heavy (non-hydrogen) atoms. The van der Waals surface area contributed by atoms with Crippen molar-refractivity contribution < 1.29 is 17.9 Å². The molecule has 2 atom stereocenters. The quantitative estimate of drug-likeness (QED) is 0.458. The van der Waals surface area contributed by atoms with Crippen LogP contribution in [0.4, 0.5) is 11.8 Å². The molecular weight excluding hydrogens is 472 g/mol. The molecule has 0 aliphatic carbocycles.